The third kappa shape index (κ3) is 2.46. The SMILES string of the molecule is N#Cc1c(F)cccc1N1C2CCC1CC(CC(=O)O)C2. The van der Waals surface area contributed by atoms with Crippen molar-refractivity contribution >= 4 is 11.7 Å². The van der Waals surface area contributed by atoms with Crippen LogP contribution in [0.4, 0.5) is 10.1 Å². The van der Waals surface area contributed by atoms with Gasteiger partial charge in [0.25, 0.3) is 0 Å². The van der Waals surface area contributed by atoms with E-state index in [1.807, 2.05) is 6.07 Å². The first kappa shape index (κ1) is 13.9. The van der Waals surface area contributed by atoms with Gasteiger partial charge in [-0.2, -0.15) is 5.26 Å². The second-order valence-electron chi connectivity index (χ2n) is 5.97. The highest BCUT2D eigenvalue weighted by molar-refractivity contribution is 5.67. The number of anilines is 1. The number of rotatable bonds is 3. The van der Waals surface area contributed by atoms with Gasteiger partial charge in [-0.15, -0.1) is 0 Å². The van der Waals surface area contributed by atoms with Gasteiger partial charge in [-0.1, -0.05) is 6.07 Å². The highest BCUT2D eigenvalue weighted by atomic mass is 19.1. The van der Waals surface area contributed by atoms with E-state index >= 15 is 0 Å². The molecule has 2 aliphatic rings. The predicted molar refractivity (Wildman–Crippen MR) is 75.4 cm³/mol. The Bertz CT molecular complexity index is 597. The average molecular weight is 288 g/mol. The zero-order valence-corrected chi connectivity index (χ0v) is 11.6. The maximum Gasteiger partial charge on any atom is 0.303 e. The standard InChI is InChI=1S/C16H17FN2O2/c17-14-2-1-3-15(13(14)9-18)19-11-4-5-12(19)7-10(6-11)8-16(20)21/h1-3,10-12H,4-8H2,(H,20,21). The third-order valence-electron chi connectivity index (χ3n) is 4.68. The minimum absolute atomic E-state index is 0.103. The largest absolute Gasteiger partial charge is 0.481 e. The molecule has 110 valence electrons. The Labute approximate surface area is 122 Å². The van der Waals surface area contributed by atoms with Gasteiger partial charge in [0, 0.05) is 18.5 Å². The fraction of sp³-hybridized carbons (Fsp3) is 0.500. The van der Waals surface area contributed by atoms with Crippen LogP contribution in [0.1, 0.15) is 37.7 Å². The molecule has 5 heteroatoms. The number of benzene rings is 1. The summed E-state index contributed by atoms with van der Waals surface area (Å²) >= 11 is 0. The minimum atomic E-state index is -0.753. The molecule has 2 heterocycles. The molecule has 0 amide bonds. The van der Waals surface area contributed by atoms with E-state index < -0.39 is 11.8 Å². The Morgan fingerprint density at radius 1 is 1.38 bits per heavy atom. The van der Waals surface area contributed by atoms with Gasteiger partial charge >= 0.3 is 5.97 Å². The molecule has 1 aromatic rings. The Kier molecular flexibility index (Phi) is 3.54. The van der Waals surface area contributed by atoms with E-state index in [1.54, 1.807) is 12.1 Å². The van der Waals surface area contributed by atoms with Gasteiger partial charge in [0.05, 0.1) is 5.69 Å². The predicted octanol–water partition coefficient (Wildman–Crippen LogP) is 2.92. The lowest BCUT2D eigenvalue weighted by molar-refractivity contribution is -0.138. The van der Waals surface area contributed by atoms with Crippen molar-refractivity contribution in [3.05, 3.63) is 29.6 Å². The lowest BCUT2D eigenvalue weighted by atomic mass is 9.87. The van der Waals surface area contributed by atoms with Crippen molar-refractivity contribution in [2.45, 2.75) is 44.2 Å². The number of halogens is 1. The van der Waals surface area contributed by atoms with Gasteiger partial charge in [-0.05, 0) is 43.7 Å². The van der Waals surface area contributed by atoms with Crippen molar-refractivity contribution in [3.8, 4) is 6.07 Å². The van der Waals surface area contributed by atoms with Crippen LogP contribution in [0, 0.1) is 23.1 Å². The summed E-state index contributed by atoms with van der Waals surface area (Å²) in [5.74, 6) is -1.05. The maximum absolute atomic E-state index is 13.8. The minimum Gasteiger partial charge on any atom is -0.481 e. The summed E-state index contributed by atoms with van der Waals surface area (Å²) in [6.45, 7) is 0. The fourth-order valence-electron chi connectivity index (χ4n) is 3.94. The fourth-order valence-corrected chi connectivity index (χ4v) is 3.94. The molecule has 2 unspecified atom stereocenters. The molecular weight excluding hydrogens is 271 g/mol. The molecule has 0 aromatic heterocycles. The zero-order valence-electron chi connectivity index (χ0n) is 11.6. The zero-order chi connectivity index (χ0) is 15.0. The molecule has 4 nitrogen and oxygen atoms in total. The molecule has 0 radical (unpaired) electrons. The summed E-state index contributed by atoms with van der Waals surface area (Å²) in [5, 5.41) is 18.2. The van der Waals surface area contributed by atoms with Crippen LogP contribution >= 0.6 is 0 Å². The monoisotopic (exact) mass is 288 g/mol. The number of nitriles is 1. The number of piperidine rings is 1. The lowest BCUT2D eigenvalue weighted by Gasteiger charge is -2.40. The van der Waals surface area contributed by atoms with Gasteiger partial charge in [0.15, 0.2) is 0 Å². The van der Waals surface area contributed by atoms with Crippen LogP contribution in [0.15, 0.2) is 18.2 Å². The van der Waals surface area contributed by atoms with Gasteiger partial charge in [0.2, 0.25) is 0 Å². The smallest absolute Gasteiger partial charge is 0.303 e. The molecule has 0 saturated carbocycles. The number of hydrogen-bond donors (Lipinski definition) is 1. The molecular formula is C16H17FN2O2. The quantitative estimate of drug-likeness (QED) is 0.928. The van der Waals surface area contributed by atoms with E-state index in [9.17, 15) is 14.4 Å². The normalized spacial score (nSPS) is 27.4. The number of aliphatic carboxylic acids is 1. The van der Waals surface area contributed by atoms with E-state index in [-0.39, 0.29) is 30.0 Å². The number of fused-ring (bicyclic) bond motifs is 2. The summed E-state index contributed by atoms with van der Waals surface area (Å²) in [6, 6.07) is 7.15. The van der Waals surface area contributed by atoms with Crippen LogP contribution in [0.5, 0.6) is 0 Å². The first-order valence-electron chi connectivity index (χ1n) is 7.29. The Morgan fingerprint density at radius 3 is 2.62 bits per heavy atom. The van der Waals surface area contributed by atoms with E-state index in [4.69, 9.17) is 5.11 Å². The van der Waals surface area contributed by atoms with E-state index in [1.165, 1.54) is 6.07 Å². The molecule has 1 aromatic carbocycles. The number of carbonyl (C=O) groups is 1. The van der Waals surface area contributed by atoms with Crippen molar-refractivity contribution in [1.82, 2.24) is 0 Å². The highest BCUT2D eigenvalue weighted by Crippen LogP contribution is 2.43. The number of hydrogen-bond acceptors (Lipinski definition) is 3. The topological polar surface area (TPSA) is 64.3 Å². The van der Waals surface area contributed by atoms with E-state index in [2.05, 4.69) is 4.90 Å². The Balaban J connectivity index is 1.88. The maximum atomic E-state index is 13.8. The van der Waals surface area contributed by atoms with Crippen molar-refractivity contribution in [2.75, 3.05) is 4.90 Å². The average Bonchev–Trinajstić information content (AvgIpc) is 2.69. The van der Waals surface area contributed by atoms with Crippen LogP contribution in [-0.2, 0) is 4.79 Å². The Morgan fingerprint density at radius 2 is 2.05 bits per heavy atom. The first-order valence-corrected chi connectivity index (χ1v) is 7.29. The third-order valence-corrected chi connectivity index (χ3v) is 4.68. The van der Waals surface area contributed by atoms with Crippen LogP contribution in [-0.4, -0.2) is 23.2 Å². The molecule has 1 N–H and O–H groups in total. The first-order chi connectivity index (χ1) is 10.1. The van der Waals surface area contributed by atoms with E-state index in [0.717, 1.165) is 25.7 Å². The van der Waals surface area contributed by atoms with Crippen LogP contribution in [0.25, 0.3) is 0 Å². The van der Waals surface area contributed by atoms with Crippen LogP contribution in [0.2, 0.25) is 0 Å². The Hall–Kier alpha value is -2.09. The molecule has 2 aliphatic heterocycles. The van der Waals surface area contributed by atoms with Crippen molar-refractivity contribution in [3.63, 3.8) is 0 Å². The van der Waals surface area contributed by atoms with Crippen molar-refractivity contribution in [1.29, 1.82) is 5.26 Å². The molecule has 2 fully saturated rings. The van der Waals surface area contributed by atoms with Crippen molar-refractivity contribution < 1.29 is 14.3 Å². The van der Waals surface area contributed by atoms with Crippen LogP contribution < -0.4 is 4.90 Å². The lowest BCUT2D eigenvalue weighted by Crippen LogP contribution is -2.43. The number of carboxylic acid groups (broad SMARTS) is 1. The molecule has 0 aliphatic carbocycles. The number of nitrogens with zero attached hydrogens (tertiary/aromatic N) is 2. The molecule has 2 atom stereocenters. The van der Waals surface area contributed by atoms with Crippen LogP contribution in [0.3, 0.4) is 0 Å². The molecule has 3 rings (SSSR count). The summed E-state index contributed by atoms with van der Waals surface area (Å²) in [4.78, 5) is 13.0. The molecule has 2 saturated heterocycles. The molecule has 0 spiro atoms. The van der Waals surface area contributed by atoms with E-state index in [0.29, 0.717) is 5.69 Å². The van der Waals surface area contributed by atoms with Gasteiger partial charge in [-0.25, -0.2) is 4.39 Å². The molecule has 21 heavy (non-hydrogen) atoms. The summed E-state index contributed by atoms with van der Waals surface area (Å²) in [6.07, 6.45) is 3.80. The van der Waals surface area contributed by atoms with Gasteiger partial charge in [-0.3, -0.25) is 4.79 Å². The highest BCUT2D eigenvalue weighted by Gasteiger charge is 2.42. The summed E-state index contributed by atoms with van der Waals surface area (Å²) in [7, 11) is 0. The summed E-state index contributed by atoms with van der Waals surface area (Å²) < 4.78 is 13.8. The second kappa shape index (κ2) is 5.36. The van der Waals surface area contributed by atoms with Crippen molar-refractivity contribution in [2.24, 2.45) is 5.92 Å². The van der Waals surface area contributed by atoms with Gasteiger partial charge < -0.3 is 10.0 Å². The summed E-state index contributed by atoms with van der Waals surface area (Å²) in [5.41, 5.74) is 0.768. The second-order valence-corrected chi connectivity index (χ2v) is 5.97. The van der Waals surface area contributed by atoms with Gasteiger partial charge in [0.1, 0.15) is 17.4 Å². The molecule has 2 bridgehead atoms. The number of carboxylic acids is 1.